The molecule has 2 heterocycles. The van der Waals surface area contributed by atoms with E-state index >= 15 is 0 Å². The molecule has 7 heteroatoms. The van der Waals surface area contributed by atoms with Crippen molar-refractivity contribution in [2.75, 3.05) is 12.4 Å². The number of hydrogen-bond donors (Lipinski definition) is 2. The van der Waals surface area contributed by atoms with Crippen LogP contribution in [-0.2, 0) is 0 Å². The number of nitrogens with one attached hydrogen (secondary N) is 1. The Hall–Kier alpha value is -2.80. The highest BCUT2D eigenvalue weighted by Gasteiger charge is 2.14. The first-order valence-electron chi connectivity index (χ1n) is 6.35. The molecule has 22 heavy (non-hydrogen) atoms. The first-order valence-corrected chi connectivity index (χ1v) is 7.23. The molecule has 0 fully saturated rings. The number of carbonyl (C=O) groups is 1. The predicted molar refractivity (Wildman–Crippen MR) is 82.4 cm³/mol. The Balaban J connectivity index is 1.77. The van der Waals surface area contributed by atoms with Crippen LogP contribution in [0.1, 0.15) is 10.4 Å². The molecule has 0 saturated carbocycles. The number of carbonyl (C=O) groups excluding carboxylic acids is 1. The highest BCUT2D eigenvalue weighted by molar-refractivity contribution is 7.14. The van der Waals surface area contributed by atoms with Gasteiger partial charge in [-0.25, -0.2) is 4.98 Å². The Labute approximate surface area is 130 Å². The van der Waals surface area contributed by atoms with E-state index in [-0.39, 0.29) is 11.3 Å². The minimum atomic E-state index is -0.444. The van der Waals surface area contributed by atoms with Crippen molar-refractivity contribution in [2.45, 2.75) is 0 Å². The Morgan fingerprint density at radius 3 is 2.95 bits per heavy atom. The highest BCUT2D eigenvalue weighted by Crippen LogP contribution is 2.27. The normalized spacial score (nSPS) is 10.4. The highest BCUT2D eigenvalue weighted by atomic mass is 32.1. The third-order valence-corrected chi connectivity index (χ3v) is 3.71. The number of benzene rings is 1. The first kappa shape index (κ1) is 14.2. The van der Waals surface area contributed by atoms with Gasteiger partial charge in [0.25, 0.3) is 5.91 Å². The Kier molecular flexibility index (Phi) is 3.80. The maximum Gasteiger partial charge on any atom is 0.261 e. The van der Waals surface area contributed by atoms with Crippen molar-refractivity contribution in [2.24, 2.45) is 0 Å². The zero-order valence-corrected chi connectivity index (χ0v) is 12.4. The van der Waals surface area contributed by atoms with Crippen LogP contribution in [0.5, 0.6) is 11.5 Å². The minimum absolute atomic E-state index is 0.149. The van der Waals surface area contributed by atoms with Crippen LogP contribution < -0.4 is 10.1 Å². The molecule has 0 atom stereocenters. The monoisotopic (exact) mass is 316 g/mol. The van der Waals surface area contributed by atoms with Gasteiger partial charge < -0.3 is 14.3 Å². The molecular weight excluding hydrogens is 304 g/mol. The smallest absolute Gasteiger partial charge is 0.261 e. The van der Waals surface area contributed by atoms with E-state index in [1.165, 1.54) is 30.6 Å². The number of thiazole rings is 1. The minimum Gasteiger partial charge on any atom is -0.507 e. The van der Waals surface area contributed by atoms with Crippen molar-refractivity contribution in [1.29, 1.82) is 0 Å². The summed E-state index contributed by atoms with van der Waals surface area (Å²) in [6, 6.07) is 8.03. The number of aromatic nitrogens is 1. The summed E-state index contributed by atoms with van der Waals surface area (Å²) < 4.78 is 10.2. The SMILES string of the molecule is COc1ccc(C(=O)Nc2nc(-c3ccco3)cs2)c(O)c1. The summed E-state index contributed by atoms with van der Waals surface area (Å²) >= 11 is 1.27. The lowest BCUT2D eigenvalue weighted by Crippen LogP contribution is -2.11. The van der Waals surface area contributed by atoms with E-state index in [4.69, 9.17) is 9.15 Å². The van der Waals surface area contributed by atoms with Crippen molar-refractivity contribution in [1.82, 2.24) is 4.98 Å². The quantitative estimate of drug-likeness (QED) is 0.771. The van der Waals surface area contributed by atoms with Gasteiger partial charge >= 0.3 is 0 Å². The van der Waals surface area contributed by atoms with Gasteiger partial charge in [0.05, 0.1) is 18.9 Å². The molecule has 0 spiro atoms. The molecule has 1 aromatic carbocycles. The number of nitrogens with zero attached hydrogens (tertiary/aromatic N) is 1. The predicted octanol–water partition coefficient (Wildman–Crippen LogP) is 3.37. The standard InChI is InChI=1S/C15H12N2O4S/c1-20-9-4-5-10(12(18)7-9)14(19)17-15-16-11(8-22-15)13-3-2-6-21-13/h2-8,18H,1H3,(H,16,17,19). The average molecular weight is 316 g/mol. The van der Waals surface area contributed by atoms with Crippen LogP contribution in [0.15, 0.2) is 46.4 Å². The number of phenols is 1. The van der Waals surface area contributed by atoms with Gasteiger partial charge in [-0.3, -0.25) is 10.1 Å². The number of aromatic hydroxyl groups is 1. The molecule has 0 aliphatic carbocycles. The number of furan rings is 1. The van der Waals surface area contributed by atoms with Crippen LogP contribution in [0.2, 0.25) is 0 Å². The second kappa shape index (κ2) is 5.90. The molecule has 2 N–H and O–H groups in total. The molecule has 6 nitrogen and oxygen atoms in total. The molecule has 0 saturated heterocycles. The molecule has 0 unspecified atom stereocenters. The summed E-state index contributed by atoms with van der Waals surface area (Å²) in [7, 11) is 1.49. The summed E-state index contributed by atoms with van der Waals surface area (Å²) in [5, 5.41) is 14.7. The number of rotatable bonds is 4. The largest absolute Gasteiger partial charge is 0.507 e. The second-order valence-electron chi connectivity index (χ2n) is 4.35. The van der Waals surface area contributed by atoms with Crippen molar-refractivity contribution < 1.29 is 19.1 Å². The molecule has 2 aromatic heterocycles. The van der Waals surface area contributed by atoms with Crippen LogP contribution in [0.3, 0.4) is 0 Å². The first-order chi connectivity index (χ1) is 10.7. The molecular formula is C15H12N2O4S. The van der Waals surface area contributed by atoms with Crippen LogP contribution in [0.25, 0.3) is 11.5 Å². The van der Waals surface area contributed by atoms with E-state index in [9.17, 15) is 9.90 Å². The molecule has 0 bridgehead atoms. The van der Waals surface area contributed by atoms with Crippen molar-refractivity contribution in [3.05, 3.63) is 47.5 Å². The summed E-state index contributed by atoms with van der Waals surface area (Å²) in [5.41, 5.74) is 0.791. The summed E-state index contributed by atoms with van der Waals surface area (Å²) in [6.45, 7) is 0. The summed E-state index contributed by atoms with van der Waals surface area (Å²) in [5.74, 6) is 0.507. The number of methoxy groups -OCH3 is 1. The van der Waals surface area contributed by atoms with Crippen LogP contribution >= 0.6 is 11.3 Å². The van der Waals surface area contributed by atoms with E-state index in [2.05, 4.69) is 10.3 Å². The maximum atomic E-state index is 12.2. The Morgan fingerprint density at radius 2 is 2.27 bits per heavy atom. The van der Waals surface area contributed by atoms with E-state index in [1.807, 2.05) is 0 Å². The van der Waals surface area contributed by atoms with Gasteiger partial charge in [-0.1, -0.05) is 0 Å². The van der Waals surface area contributed by atoms with Gasteiger partial charge in [0.1, 0.15) is 17.2 Å². The van der Waals surface area contributed by atoms with E-state index in [0.29, 0.717) is 22.3 Å². The molecule has 0 aliphatic rings. The lowest BCUT2D eigenvalue weighted by molar-refractivity contribution is 0.102. The number of phenolic OH excluding ortho intramolecular Hbond substituents is 1. The lowest BCUT2D eigenvalue weighted by Gasteiger charge is -2.06. The fourth-order valence-corrected chi connectivity index (χ4v) is 2.56. The van der Waals surface area contributed by atoms with Crippen LogP contribution in [0.4, 0.5) is 5.13 Å². The van der Waals surface area contributed by atoms with Gasteiger partial charge in [0.15, 0.2) is 10.9 Å². The average Bonchev–Trinajstić information content (AvgIpc) is 3.17. The van der Waals surface area contributed by atoms with Crippen molar-refractivity contribution in [3.8, 4) is 23.0 Å². The summed E-state index contributed by atoms with van der Waals surface area (Å²) in [4.78, 5) is 16.4. The molecule has 0 radical (unpaired) electrons. The molecule has 3 rings (SSSR count). The van der Waals surface area contributed by atoms with E-state index < -0.39 is 5.91 Å². The van der Waals surface area contributed by atoms with Gasteiger partial charge in [-0.15, -0.1) is 11.3 Å². The number of hydrogen-bond acceptors (Lipinski definition) is 6. The molecule has 112 valence electrons. The number of anilines is 1. The van der Waals surface area contributed by atoms with Gasteiger partial charge in [-0.05, 0) is 24.3 Å². The van der Waals surface area contributed by atoms with E-state index in [1.54, 1.807) is 29.8 Å². The zero-order valence-electron chi connectivity index (χ0n) is 11.6. The fraction of sp³-hybridized carbons (Fsp3) is 0.0667. The van der Waals surface area contributed by atoms with Gasteiger partial charge in [-0.2, -0.15) is 0 Å². The van der Waals surface area contributed by atoms with Crippen molar-refractivity contribution >= 4 is 22.4 Å². The second-order valence-corrected chi connectivity index (χ2v) is 5.21. The molecule has 1 amide bonds. The maximum absolute atomic E-state index is 12.2. The number of ether oxygens (including phenoxy) is 1. The van der Waals surface area contributed by atoms with Crippen LogP contribution in [-0.4, -0.2) is 23.1 Å². The van der Waals surface area contributed by atoms with Crippen LogP contribution in [0, 0.1) is 0 Å². The third kappa shape index (κ3) is 2.79. The van der Waals surface area contributed by atoms with Crippen molar-refractivity contribution in [3.63, 3.8) is 0 Å². The lowest BCUT2D eigenvalue weighted by atomic mass is 10.2. The summed E-state index contributed by atoms with van der Waals surface area (Å²) in [6.07, 6.45) is 1.56. The van der Waals surface area contributed by atoms with E-state index in [0.717, 1.165) is 0 Å². The Morgan fingerprint density at radius 1 is 1.41 bits per heavy atom. The number of amides is 1. The topological polar surface area (TPSA) is 84.6 Å². The Bertz CT molecular complexity index is 796. The van der Waals surface area contributed by atoms with Gasteiger partial charge in [0.2, 0.25) is 0 Å². The van der Waals surface area contributed by atoms with Gasteiger partial charge in [0, 0.05) is 11.4 Å². The molecule has 3 aromatic rings. The zero-order chi connectivity index (χ0) is 15.5. The fourth-order valence-electron chi connectivity index (χ4n) is 1.86. The third-order valence-electron chi connectivity index (χ3n) is 2.95. The molecule has 0 aliphatic heterocycles.